The van der Waals surface area contributed by atoms with Gasteiger partial charge in [-0.05, 0) is 31.5 Å². The lowest BCUT2D eigenvalue weighted by Crippen LogP contribution is -2.42. The molecular weight excluding hydrogens is 363 g/mol. The zero-order valence-corrected chi connectivity index (χ0v) is 15.3. The number of benzene rings is 1. The number of aromatic nitrogens is 2. The van der Waals surface area contributed by atoms with Crippen LogP contribution in [0.15, 0.2) is 33.8 Å². The summed E-state index contributed by atoms with van der Waals surface area (Å²) in [6.45, 7) is 4.26. The molecule has 1 atom stereocenters. The molecule has 0 fully saturated rings. The van der Waals surface area contributed by atoms with Crippen molar-refractivity contribution in [2.45, 2.75) is 39.1 Å². The predicted octanol–water partition coefficient (Wildman–Crippen LogP) is 2.92. The van der Waals surface area contributed by atoms with Crippen LogP contribution >= 0.6 is 0 Å². The summed E-state index contributed by atoms with van der Waals surface area (Å²) >= 11 is 0. The van der Waals surface area contributed by atoms with Gasteiger partial charge in [0.15, 0.2) is 11.8 Å². The highest BCUT2D eigenvalue weighted by molar-refractivity contribution is 5.79. The van der Waals surface area contributed by atoms with Crippen LogP contribution in [0.3, 0.4) is 0 Å². The summed E-state index contributed by atoms with van der Waals surface area (Å²) in [5.41, 5.74) is -0.741. The van der Waals surface area contributed by atoms with Crippen molar-refractivity contribution < 1.29 is 22.4 Å². The molecule has 2 rings (SSSR count). The molecule has 10 heteroatoms. The van der Waals surface area contributed by atoms with E-state index in [-0.39, 0.29) is 11.9 Å². The Labute approximate surface area is 155 Å². The van der Waals surface area contributed by atoms with E-state index in [1.54, 1.807) is 14.0 Å². The Morgan fingerprint density at radius 2 is 2.11 bits per heavy atom. The lowest BCUT2D eigenvalue weighted by molar-refractivity contribution is -0.137. The molecule has 0 aliphatic rings. The summed E-state index contributed by atoms with van der Waals surface area (Å²) in [7, 11) is 1.60. The van der Waals surface area contributed by atoms with E-state index >= 15 is 0 Å². The summed E-state index contributed by atoms with van der Waals surface area (Å²) in [5.74, 6) is 1.61. The van der Waals surface area contributed by atoms with Crippen molar-refractivity contribution in [2.75, 3.05) is 13.6 Å². The molecule has 0 radical (unpaired) electrons. The number of nitrogens with zero attached hydrogens (tertiary/aromatic N) is 3. The highest BCUT2D eigenvalue weighted by atomic mass is 19.4. The minimum absolute atomic E-state index is 0.169. The molecule has 2 aromatic rings. The molecule has 148 valence electrons. The van der Waals surface area contributed by atoms with Gasteiger partial charge in [0.05, 0.1) is 18.7 Å². The van der Waals surface area contributed by atoms with Crippen molar-refractivity contribution in [1.82, 2.24) is 20.8 Å². The first kappa shape index (κ1) is 20.5. The number of ether oxygens (including phenoxy) is 1. The van der Waals surface area contributed by atoms with Gasteiger partial charge in [-0.15, -0.1) is 0 Å². The Kier molecular flexibility index (Phi) is 7.03. The topological polar surface area (TPSA) is 84.6 Å². The molecule has 0 saturated heterocycles. The second-order valence-corrected chi connectivity index (χ2v) is 5.72. The Morgan fingerprint density at radius 3 is 2.70 bits per heavy atom. The largest absolute Gasteiger partial charge is 0.489 e. The molecule has 1 unspecified atom stereocenters. The van der Waals surface area contributed by atoms with Crippen molar-refractivity contribution in [3.63, 3.8) is 0 Å². The number of aryl methyl sites for hydroxylation is 1. The summed E-state index contributed by atoms with van der Waals surface area (Å²) in [6.07, 6.45) is -4.14. The van der Waals surface area contributed by atoms with Crippen molar-refractivity contribution in [3.05, 3.63) is 41.5 Å². The summed E-state index contributed by atoms with van der Waals surface area (Å²) in [5, 5.41) is 9.77. The van der Waals surface area contributed by atoms with E-state index in [4.69, 9.17) is 9.26 Å². The number of halogens is 3. The number of hydrogen-bond donors (Lipinski definition) is 2. The van der Waals surface area contributed by atoms with Crippen LogP contribution in [0.5, 0.6) is 5.75 Å². The third-order valence-corrected chi connectivity index (χ3v) is 3.62. The van der Waals surface area contributed by atoms with E-state index in [0.29, 0.717) is 37.2 Å². The minimum atomic E-state index is -4.40. The standard InChI is InChI=1S/C17H22F3N5O2/c1-4-13(26-14-7-5-6-12(8-14)17(18,19)20)9-22-16(21-3)23-10-15-24-11(2)25-27-15/h5-8,13H,4,9-10H2,1-3H3,(H2,21,22,23). The fourth-order valence-electron chi connectivity index (χ4n) is 2.21. The van der Waals surface area contributed by atoms with Gasteiger partial charge < -0.3 is 19.9 Å². The quantitative estimate of drug-likeness (QED) is 0.563. The molecule has 0 spiro atoms. The van der Waals surface area contributed by atoms with Gasteiger partial charge in [-0.3, -0.25) is 4.99 Å². The highest BCUT2D eigenvalue weighted by Crippen LogP contribution is 2.31. The van der Waals surface area contributed by atoms with Crippen LogP contribution in [-0.2, 0) is 12.7 Å². The van der Waals surface area contributed by atoms with Crippen molar-refractivity contribution >= 4 is 5.96 Å². The highest BCUT2D eigenvalue weighted by Gasteiger charge is 2.30. The van der Waals surface area contributed by atoms with E-state index < -0.39 is 11.7 Å². The van der Waals surface area contributed by atoms with Gasteiger partial charge in [-0.1, -0.05) is 18.1 Å². The number of nitrogens with one attached hydrogen (secondary N) is 2. The van der Waals surface area contributed by atoms with Gasteiger partial charge >= 0.3 is 6.18 Å². The van der Waals surface area contributed by atoms with Gasteiger partial charge in [0.25, 0.3) is 0 Å². The van der Waals surface area contributed by atoms with Crippen LogP contribution in [0.4, 0.5) is 13.2 Å². The maximum atomic E-state index is 12.8. The van der Waals surface area contributed by atoms with E-state index in [0.717, 1.165) is 12.1 Å². The minimum Gasteiger partial charge on any atom is -0.489 e. The molecule has 27 heavy (non-hydrogen) atoms. The molecule has 0 aliphatic heterocycles. The maximum Gasteiger partial charge on any atom is 0.416 e. The molecular formula is C17H22F3N5O2. The van der Waals surface area contributed by atoms with Gasteiger partial charge in [0.2, 0.25) is 5.89 Å². The summed E-state index contributed by atoms with van der Waals surface area (Å²) < 4.78 is 49.1. The lowest BCUT2D eigenvalue weighted by atomic mass is 10.2. The SMILES string of the molecule is CCC(CNC(=NC)NCc1nc(C)no1)Oc1cccc(C(F)(F)F)c1. The number of hydrogen-bond acceptors (Lipinski definition) is 5. The van der Waals surface area contributed by atoms with Crippen molar-refractivity contribution in [3.8, 4) is 5.75 Å². The fraction of sp³-hybridized carbons (Fsp3) is 0.471. The Bertz CT molecular complexity index is 761. The van der Waals surface area contributed by atoms with Crippen LogP contribution in [0.25, 0.3) is 0 Å². The fourth-order valence-corrected chi connectivity index (χ4v) is 2.21. The molecule has 1 aromatic heterocycles. The molecule has 2 N–H and O–H groups in total. The second-order valence-electron chi connectivity index (χ2n) is 5.72. The Morgan fingerprint density at radius 1 is 1.33 bits per heavy atom. The van der Waals surface area contributed by atoms with Crippen LogP contribution in [0.1, 0.15) is 30.6 Å². The van der Waals surface area contributed by atoms with Crippen LogP contribution in [0.2, 0.25) is 0 Å². The van der Waals surface area contributed by atoms with Crippen molar-refractivity contribution in [1.29, 1.82) is 0 Å². The van der Waals surface area contributed by atoms with E-state index in [2.05, 4.69) is 25.8 Å². The average molecular weight is 385 g/mol. The first-order chi connectivity index (χ1) is 12.8. The van der Waals surface area contributed by atoms with Gasteiger partial charge in [0.1, 0.15) is 11.9 Å². The molecule has 0 saturated carbocycles. The normalized spacial score (nSPS) is 13.3. The first-order valence-corrected chi connectivity index (χ1v) is 8.39. The smallest absolute Gasteiger partial charge is 0.416 e. The zero-order valence-electron chi connectivity index (χ0n) is 15.3. The Hall–Kier alpha value is -2.78. The number of guanidine groups is 1. The molecule has 7 nitrogen and oxygen atoms in total. The molecule has 1 aromatic carbocycles. The summed E-state index contributed by atoms with van der Waals surface area (Å²) in [4.78, 5) is 8.14. The molecule has 0 bridgehead atoms. The molecule has 0 aliphatic carbocycles. The predicted molar refractivity (Wildman–Crippen MR) is 93.4 cm³/mol. The van der Waals surface area contributed by atoms with E-state index in [9.17, 15) is 13.2 Å². The van der Waals surface area contributed by atoms with Gasteiger partial charge in [-0.25, -0.2) is 0 Å². The van der Waals surface area contributed by atoms with Crippen LogP contribution < -0.4 is 15.4 Å². The first-order valence-electron chi connectivity index (χ1n) is 8.39. The number of alkyl halides is 3. The number of rotatable bonds is 7. The van der Waals surface area contributed by atoms with Crippen LogP contribution in [0, 0.1) is 6.92 Å². The molecule has 0 amide bonds. The average Bonchev–Trinajstić information content (AvgIpc) is 3.05. The lowest BCUT2D eigenvalue weighted by Gasteiger charge is -2.20. The van der Waals surface area contributed by atoms with Gasteiger partial charge in [0, 0.05) is 7.05 Å². The van der Waals surface area contributed by atoms with E-state index in [1.165, 1.54) is 12.1 Å². The van der Waals surface area contributed by atoms with Crippen LogP contribution in [-0.4, -0.2) is 35.8 Å². The second kappa shape index (κ2) is 9.24. The third kappa shape index (κ3) is 6.46. The Balaban J connectivity index is 1.88. The van der Waals surface area contributed by atoms with Gasteiger partial charge in [-0.2, -0.15) is 18.2 Å². The van der Waals surface area contributed by atoms with E-state index in [1.807, 2.05) is 6.92 Å². The summed E-state index contributed by atoms with van der Waals surface area (Å²) in [6, 6.07) is 4.83. The maximum absolute atomic E-state index is 12.8. The third-order valence-electron chi connectivity index (χ3n) is 3.62. The van der Waals surface area contributed by atoms with Crippen molar-refractivity contribution in [2.24, 2.45) is 4.99 Å². The monoisotopic (exact) mass is 385 g/mol. The number of aliphatic imine (C=N–C) groups is 1. The zero-order chi connectivity index (χ0) is 19.9. The molecule has 1 heterocycles.